The van der Waals surface area contributed by atoms with E-state index in [2.05, 4.69) is 44.8 Å². The first-order chi connectivity index (χ1) is 20.5. The Morgan fingerprint density at radius 3 is 2.42 bits per heavy atom. The molecule has 1 N–H and O–H groups in total. The van der Waals surface area contributed by atoms with Gasteiger partial charge >= 0.3 is 5.97 Å². The minimum absolute atomic E-state index is 0.149. The summed E-state index contributed by atoms with van der Waals surface area (Å²) in [7, 11) is 1.60. The van der Waals surface area contributed by atoms with E-state index in [1.165, 1.54) is 5.56 Å². The number of rotatable bonds is 9. The van der Waals surface area contributed by atoms with Crippen LogP contribution in [0.25, 0.3) is 22.2 Å². The van der Waals surface area contributed by atoms with E-state index < -0.39 is 16.9 Å². The van der Waals surface area contributed by atoms with Crippen molar-refractivity contribution in [2.24, 2.45) is 16.7 Å². The van der Waals surface area contributed by atoms with Crippen LogP contribution in [-0.4, -0.2) is 50.2 Å². The quantitative estimate of drug-likeness (QED) is 0.214. The molecule has 9 heteroatoms. The van der Waals surface area contributed by atoms with Crippen molar-refractivity contribution in [1.29, 1.82) is 0 Å². The number of carboxylic acid groups (broad SMARTS) is 1. The minimum Gasteiger partial charge on any atom is -0.479 e. The van der Waals surface area contributed by atoms with Gasteiger partial charge in [-0.15, -0.1) is 15.3 Å². The smallest absolute Gasteiger partial charge is 0.332 e. The molecule has 2 saturated carbocycles. The van der Waals surface area contributed by atoms with E-state index in [0.717, 1.165) is 53.5 Å². The van der Waals surface area contributed by atoms with Crippen LogP contribution in [0, 0.1) is 16.7 Å². The molecule has 0 amide bonds. The van der Waals surface area contributed by atoms with Gasteiger partial charge in [-0.25, -0.2) is 9.48 Å². The Morgan fingerprint density at radius 2 is 1.74 bits per heavy atom. The largest absolute Gasteiger partial charge is 0.479 e. The predicted molar refractivity (Wildman–Crippen MR) is 164 cm³/mol. The third-order valence-corrected chi connectivity index (χ3v) is 9.89. The molecule has 2 aromatic carbocycles. The summed E-state index contributed by atoms with van der Waals surface area (Å²) in [4.78, 5) is 12.6. The van der Waals surface area contributed by atoms with Crippen molar-refractivity contribution in [2.75, 3.05) is 13.9 Å². The van der Waals surface area contributed by atoms with E-state index in [4.69, 9.17) is 9.47 Å². The van der Waals surface area contributed by atoms with Crippen LogP contribution in [0.15, 0.2) is 54.7 Å². The van der Waals surface area contributed by atoms with E-state index in [9.17, 15) is 9.90 Å². The van der Waals surface area contributed by atoms with Gasteiger partial charge in [-0.05, 0) is 78.2 Å². The molecule has 0 radical (unpaired) electrons. The zero-order valence-corrected chi connectivity index (χ0v) is 25.9. The van der Waals surface area contributed by atoms with Crippen molar-refractivity contribution in [3.63, 3.8) is 0 Å². The molecule has 43 heavy (non-hydrogen) atoms. The molecule has 2 fully saturated rings. The number of carbonyl (C=O) groups is 1. The van der Waals surface area contributed by atoms with Gasteiger partial charge in [0.25, 0.3) is 0 Å². The Kier molecular flexibility index (Phi) is 7.27. The number of para-hydroxylation sites is 1. The SMILES string of the molecule is COCOc1ccccc1-c1cc2ccc(C3CC4(C3)CC(c3cn([C@@](C(=O)O)(C(C)C)C(C)(C)C)nn3)C4)cc2nn1. The number of fused-ring (bicyclic) bond motifs is 1. The highest BCUT2D eigenvalue weighted by molar-refractivity contribution is 5.83. The highest BCUT2D eigenvalue weighted by Crippen LogP contribution is 2.66. The van der Waals surface area contributed by atoms with Crippen LogP contribution in [0.3, 0.4) is 0 Å². The molecule has 2 aliphatic carbocycles. The number of benzene rings is 2. The first kappa shape index (κ1) is 29.2. The third kappa shape index (κ3) is 4.87. The maximum Gasteiger partial charge on any atom is 0.332 e. The van der Waals surface area contributed by atoms with E-state index in [1.807, 2.05) is 65.1 Å². The Bertz CT molecular complexity index is 1640. The molecular weight excluding hydrogens is 542 g/mol. The number of aliphatic carboxylic acids is 1. The zero-order valence-electron chi connectivity index (χ0n) is 25.9. The summed E-state index contributed by atoms with van der Waals surface area (Å²) in [6.45, 7) is 9.96. The van der Waals surface area contributed by atoms with Crippen LogP contribution in [0.5, 0.6) is 5.75 Å². The maximum absolute atomic E-state index is 12.6. The van der Waals surface area contributed by atoms with Gasteiger partial charge < -0.3 is 14.6 Å². The summed E-state index contributed by atoms with van der Waals surface area (Å²) >= 11 is 0. The van der Waals surface area contributed by atoms with Gasteiger partial charge in [0, 0.05) is 24.0 Å². The number of methoxy groups -OCH3 is 1. The molecule has 0 saturated heterocycles. The van der Waals surface area contributed by atoms with E-state index in [-0.39, 0.29) is 12.7 Å². The van der Waals surface area contributed by atoms with Crippen molar-refractivity contribution in [1.82, 2.24) is 25.2 Å². The number of ether oxygens (including phenoxy) is 2. The topological polar surface area (TPSA) is 112 Å². The Morgan fingerprint density at radius 1 is 1.02 bits per heavy atom. The first-order valence-corrected chi connectivity index (χ1v) is 15.1. The lowest BCUT2D eigenvalue weighted by Gasteiger charge is -2.57. The van der Waals surface area contributed by atoms with Gasteiger partial charge in [-0.2, -0.15) is 0 Å². The Hall–Kier alpha value is -3.85. The average Bonchev–Trinajstić information content (AvgIpc) is 3.38. The van der Waals surface area contributed by atoms with Crippen molar-refractivity contribution in [2.45, 2.75) is 77.7 Å². The molecule has 6 rings (SSSR count). The summed E-state index contributed by atoms with van der Waals surface area (Å²) in [5.41, 5.74) is 3.41. The second-order valence-electron chi connectivity index (χ2n) is 13.9. The summed E-state index contributed by atoms with van der Waals surface area (Å²) in [6.07, 6.45) is 6.32. The molecule has 9 nitrogen and oxygen atoms in total. The Balaban J connectivity index is 1.12. The summed E-state index contributed by atoms with van der Waals surface area (Å²) in [6, 6.07) is 16.4. The highest BCUT2D eigenvalue weighted by atomic mass is 16.7. The van der Waals surface area contributed by atoms with Gasteiger partial charge in [-0.3, -0.25) is 0 Å². The highest BCUT2D eigenvalue weighted by Gasteiger charge is 2.56. The lowest BCUT2D eigenvalue weighted by Crippen LogP contribution is -2.56. The second kappa shape index (κ2) is 10.7. The Labute approximate surface area is 252 Å². The van der Waals surface area contributed by atoms with Crippen molar-refractivity contribution >= 4 is 16.9 Å². The molecule has 1 atom stereocenters. The van der Waals surface area contributed by atoms with Crippen LogP contribution in [-0.2, 0) is 15.1 Å². The average molecular weight is 584 g/mol. The minimum atomic E-state index is -1.16. The fraction of sp³-hybridized carbons (Fsp3) is 0.500. The predicted octanol–water partition coefficient (Wildman–Crippen LogP) is 6.79. The molecule has 1 spiro atoms. The molecule has 4 aromatic rings. The number of nitrogens with zero attached hydrogens (tertiary/aromatic N) is 5. The first-order valence-electron chi connectivity index (χ1n) is 15.1. The van der Waals surface area contributed by atoms with Crippen LogP contribution < -0.4 is 4.74 Å². The lowest BCUT2D eigenvalue weighted by atomic mass is 9.47. The summed E-state index contributed by atoms with van der Waals surface area (Å²) in [5.74, 6) is 0.530. The third-order valence-electron chi connectivity index (χ3n) is 9.89. The zero-order chi connectivity index (χ0) is 30.6. The van der Waals surface area contributed by atoms with E-state index in [1.54, 1.807) is 11.8 Å². The molecular formula is C34H41N5O4. The van der Waals surface area contributed by atoms with Crippen LogP contribution >= 0.6 is 0 Å². The molecule has 226 valence electrons. The fourth-order valence-corrected chi connectivity index (χ4v) is 7.89. The van der Waals surface area contributed by atoms with Gasteiger partial charge in [-0.1, -0.05) is 64.1 Å². The van der Waals surface area contributed by atoms with Crippen molar-refractivity contribution in [3.05, 3.63) is 66.0 Å². The van der Waals surface area contributed by atoms with Gasteiger partial charge in [0.1, 0.15) is 5.75 Å². The monoisotopic (exact) mass is 583 g/mol. The number of aromatic nitrogens is 5. The summed E-state index contributed by atoms with van der Waals surface area (Å²) < 4.78 is 12.4. The molecule has 2 aliphatic rings. The molecule has 2 heterocycles. The maximum atomic E-state index is 12.6. The van der Waals surface area contributed by atoms with Crippen LogP contribution in [0.1, 0.15) is 83.4 Å². The van der Waals surface area contributed by atoms with Crippen LogP contribution in [0.4, 0.5) is 0 Å². The van der Waals surface area contributed by atoms with Gasteiger partial charge in [0.15, 0.2) is 12.3 Å². The molecule has 0 bridgehead atoms. The van der Waals surface area contributed by atoms with Crippen molar-refractivity contribution < 1.29 is 19.4 Å². The molecule has 0 aliphatic heterocycles. The lowest BCUT2D eigenvalue weighted by molar-refractivity contribution is -0.159. The molecule has 2 aromatic heterocycles. The van der Waals surface area contributed by atoms with Gasteiger partial charge in [0.05, 0.1) is 23.1 Å². The van der Waals surface area contributed by atoms with E-state index in [0.29, 0.717) is 23.0 Å². The summed E-state index contributed by atoms with van der Waals surface area (Å²) in [5, 5.41) is 29.3. The van der Waals surface area contributed by atoms with Gasteiger partial charge in [0.2, 0.25) is 0 Å². The number of hydrogen-bond donors (Lipinski definition) is 1. The van der Waals surface area contributed by atoms with Crippen LogP contribution in [0.2, 0.25) is 0 Å². The van der Waals surface area contributed by atoms with E-state index >= 15 is 0 Å². The normalized spacial score (nSPS) is 23.1. The second-order valence-corrected chi connectivity index (χ2v) is 13.9. The fourth-order valence-electron chi connectivity index (χ4n) is 7.89. The number of carboxylic acids is 1. The standard InChI is InChI=1S/C34H41N5O4/c1-21(2)34(31(40)41,32(3,4)5)39-19-29(37-38-39)25-17-33(18-25)15-24(16-33)22-11-12-23-14-28(36-35-27(23)13-22)26-9-7-8-10-30(26)43-20-42-6/h7-14,19,21,24-25H,15-18,20H2,1-6H3,(H,40,41)/t24?,25?,33?,34-/m1/s1. The molecule has 0 unspecified atom stereocenters. The number of hydrogen-bond acceptors (Lipinski definition) is 7. The van der Waals surface area contributed by atoms with Crippen molar-refractivity contribution in [3.8, 4) is 17.0 Å².